The van der Waals surface area contributed by atoms with Crippen molar-refractivity contribution in [3.05, 3.63) is 45.3 Å². The Labute approximate surface area is 161 Å². The van der Waals surface area contributed by atoms with E-state index in [1.54, 1.807) is 19.1 Å². The van der Waals surface area contributed by atoms with Crippen molar-refractivity contribution in [2.24, 2.45) is 5.92 Å². The van der Waals surface area contributed by atoms with E-state index in [4.69, 9.17) is 4.74 Å². The molecule has 1 atom stereocenters. The van der Waals surface area contributed by atoms with Crippen molar-refractivity contribution in [2.75, 3.05) is 11.9 Å². The van der Waals surface area contributed by atoms with Gasteiger partial charge in [0.25, 0.3) is 5.91 Å². The molecule has 0 radical (unpaired) electrons. The standard InChI is InChI=1S/C20H20N2O4S/c1-11-6-7-13-15(9-21)19(27-16(13)8-11)22-17(23)10-26-20(25)14-5-3-4-12(2)18(14)24/h3-5,11,24H,6-8,10H2,1-2H3,(H,22,23). The number of phenols is 1. The molecule has 140 valence electrons. The SMILES string of the molecule is Cc1cccc(C(=O)OCC(=O)Nc2sc3c(c2C#N)CCC(C)C3)c1O. The summed E-state index contributed by atoms with van der Waals surface area (Å²) in [5, 5.41) is 22.6. The maximum Gasteiger partial charge on any atom is 0.342 e. The molecule has 2 aromatic rings. The van der Waals surface area contributed by atoms with Gasteiger partial charge in [-0.25, -0.2) is 4.79 Å². The normalized spacial score (nSPS) is 15.5. The van der Waals surface area contributed by atoms with E-state index in [-0.39, 0.29) is 11.3 Å². The molecular weight excluding hydrogens is 364 g/mol. The molecule has 0 aliphatic heterocycles. The number of nitriles is 1. The molecule has 1 amide bonds. The van der Waals surface area contributed by atoms with Crippen LogP contribution in [0.3, 0.4) is 0 Å². The number of carbonyl (C=O) groups is 2. The van der Waals surface area contributed by atoms with Crippen LogP contribution in [-0.4, -0.2) is 23.6 Å². The number of phenolic OH excluding ortho intramolecular Hbond substituents is 1. The predicted molar refractivity (Wildman–Crippen MR) is 102 cm³/mol. The topological polar surface area (TPSA) is 99.4 Å². The van der Waals surface area contributed by atoms with Crippen LogP contribution in [0.15, 0.2) is 18.2 Å². The van der Waals surface area contributed by atoms with E-state index in [1.165, 1.54) is 17.4 Å². The van der Waals surface area contributed by atoms with Gasteiger partial charge in [-0.15, -0.1) is 11.3 Å². The second kappa shape index (κ2) is 7.80. The Morgan fingerprint density at radius 2 is 2.22 bits per heavy atom. The fraction of sp³-hybridized carbons (Fsp3) is 0.350. The van der Waals surface area contributed by atoms with Crippen molar-refractivity contribution in [2.45, 2.75) is 33.1 Å². The highest BCUT2D eigenvalue weighted by atomic mass is 32.1. The Balaban J connectivity index is 1.66. The summed E-state index contributed by atoms with van der Waals surface area (Å²) in [6, 6.07) is 6.91. The average molecular weight is 384 g/mol. The molecule has 2 N–H and O–H groups in total. The third-order valence-electron chi connectivity index (χ3n) is 4.67. The summed E-state index contributed by atoms with van der Waals surface area (Å²) in [5.41, 5.74) is 2.10. The van der Waals surface area contributed by atoms with E-state index in [9.17, 15) is 20.0 Å². The van der Waals surface area contributed by atoms with Crippen LogP contribution >= 0.6 is 11.3 Å². The van der Waals surface area contributed by atoms with Crippen LogP contribution in [0.4, 0.5) is 5.00 Å². The lowest BCUT2D eigenvalue weighted by molar-refractivity contribution is -0.119. The summed E-state index contributed by atoms with van der Waals surface area (Å²) >= 11 is 1.42. The highest BCUT2D eigenvalue weighted by Gasteiger charge is 2.25. The van der Waals surface area contributed by atoms with Crippen LogP contribution in [0, 0.1) is 24.2 Å². The lowest BCUT2D eigenvalue weighted by atomic mass is 9.89. The van der Waals surface area contributed by atoms with Gasteiger partial charge < -0.3 is 15.2 Å². The van der Waals surface area contributed by atoms with E-state index in [2.05, 4.69) is 18.3 Å². The Morgan fingerprint density at radius 3 is 2.96 bits per heavy atom. The number of benzene rings is 1. The molecule has 0 bridgehead atoms. The van der Waals surface area contributed by atoms with E-state index in [0.717, 1.165) is 29.7 Å². The fourth-order valence-electron chi connectivity index (χ4n) is 3.15. The number of ether oxygens (including phenoxy) is 1. The molecular formula is C20H20N2O4S. The summed E-state index contributed by atoms with van der Waals surface area (Å²) < 4.78 is 5.00. The maximum absolute atomic E-state index is 12.2. The number of rotatable bonds is 4. The number of hydrogen-bond acceptors (Lipinski definition) is 6. The van der Waals surface area contributed by atoms with Crippen molar-refractivity contribution in [3.63, 3.8) is 0 Å². The number of anilines is 1. The third-order valence-corrected chi connectivity index (χ3v) is 5.84. The van der Waals surface area contributed by atoms with Crippen molar-refractivity contribution < 1.29 is 19.4 Å². The number of aromatic hydroxyl groups is 1. The van der Waals surface area contributed by atoms with Gasteiger partial charge in [0, 0.05) is 4.88 Å². The third kappa shape index (κ3) is 3.96. The smallest absolute Gasteiger partial charge is 0.342 e. The molecule has 3 rings (SSSR count). The minimum Gasteiger partial charge on any atom is -0.507 e. The zero-order chi connectivity index (χ0) is 19.6. The van der Waals surface area contributed by atoms with Crippen molar-refractivity contribution in [1.29, 1.82) is 5.26 Å². The highest BCUT2D eigenvalue weighted by Crippen LogP contribution is 2.39. The van der Waals surface area contributed by atoms with Gasteiger partial charge in [0.2, 0.25) is 0 Å². The van der Waals surface area contributed by atoms with Crippen LogP contribution in [0.1, 0.15) is 45.3 Å². The lowest BCUT2D eigenvalue weighted by Crippen LogP contribution is -2.21. The summed E-state index contributed by atoms with van der Waals surface area (Å²) in [6.45, 7) is 3.35. The zero-order valence-corrected chi connectivity index (χ0v) is 16.0. The molecule has 0 fully saturated rings. The van der Waals surface area contributed by atoms with E-state index < -0.39 is 18.5 Å². The largest absolute Gasteiger partial charge is 0.507 e. The number of carbonyl (C=O) groups excluding carboxylic acids is 2. The lowest BCUT2D eigenvalue weighted by Gasteiger charge is -2.17. The van der Waals surface area contributed by atoms with E-state index in [0.29, 0.717) is 22.0 Å². The molecule has 1 aliphatic carbocycles. The van der Waals surface area contributed by atoms with Crippen LogP contribution < -0.4 is 5.32 Å². The number of nitrogens with zero attached hydrogens (tertiary/aromatic N) is 1. The maximum atomic E-state index is 12.2. The van der Waals surface area contributed by atoms with Gasteiger partial charge >= 0.3 is 5.97 Å². The Morgan fingerprint density at radius 1 is 1.44 bits per heavy atom. The van der Waals surface area contributed by atoms with Gasteiger partial charge in [0.15, 0.2) is 6.61 Å². The van der Waals surface area contributed by atoms with Crippen molar-refractivity contribution in [1.82, 2.24) is 0 Å². The summed E-state index contributed by atoms with van der Waals surface area (Å²) in [7, 11) is 0. The van der Waals surface area contributed by atoms with E-state index in [1.807, 2.05) is 0 Å². The first-order valence-corrected chi connectivity index (χ1v) is 9.52. The van der Waals surface area contributed by atoms with Crippen LogP contribution in [0.25, 0.3) is 0 Å². The number of esters is 1. The first-order chi connectivity index (χ1) is 12.9. The Hall–Kier alpha value is -2.85. The Kier molecular flexibility index (Phi) is 5.47. The van der Waals surface area contributed by atoms with Gasteiger partial charge in [-0.3, -0.25) is 4.79 Å². The molecule has 27 heavy (non-hydrogen) atoms. The summed E-state index contributed by atoms with van der Waals surface area (Å²) in [4.78, 5) is 25.4. The van der Waals surface area contributed by atoms with E-state index >= 15 is 0 Å². The average Bonchev–Trinajstić information content (AvgIpc) is 2.97. The Bertz CT molecular complexity index is 942. The molecule has 0 saturated heterocycles. The number of hydrogen-bond donors (Lipinski definition) is 2. The number of para-hydroxylation sites is 1. The fourth-order valence-corrected chi connectivity index (χ4v) is 4.53. The van der Waals surface area contributed by atoms with Gasteiger partial charge in [0.1, 0.15) is 22.4 Å². The molecule has 7 heteroatoms. The zero-order valence-electron chi connectivity index (χ0n) is 15.2. The molecule has 1 heterocycles. The molecule has 1 unspecified atom stereocenters. The predicted octanol–water partition coefficient (Wildman–Crippen LogP) is 3.55. The molecule has 1 aromatic heterocycles. The monoisotopic (exact) mass is 384 g/mol. The number of fused-ring (bicyclic) bond motifs is 1. The minimum absolute atomic E-state index is 0.0149. The van der Waals surface area contributed by atoms with Crippen molar-refractivity contribution >= 4 is 28.2 Å². The number of nitrogens with one attached hydrogen (secondary N) is 1. The number of thiophene rings is 1. The van der Waals surface area contributed by atoms with Gasteiger partial charge in [-0.2, -0.15) is 5.26 Å². The van der Waals surface area contributed by atoms with Crippen molar-refractivity contribution in [3.8, 4) is 11.8 Å². The minimum atomic E-state index is -0.772. The second-order valence-electron chi connectivity index (χ2n) is 6.76. The molecule has 1 aromatic carbocycles. The van der Waals surface area contributed by atoms with Gasteiger partial charge in [-0.1, -0.05) is 19.1 Å². The van der Waals surface area contributed by atoms with Gasteiger partial charge in [-0.05, 0) is 49.3 Å². The molecule has 1 aliphatic rings. The quantitative estimate of drug-likeness (QED) is 0.785. The van der Waals surface area contributed by atoms with Gasteiger partial charge in [0.05, 0.1) is 5.56 Å². The first kappa shape index (κ1) is 18.9. The number of amides is 1. The molecule has 6 nitrogen and oxygen atoms in total. The number of aryl methyl sites for hydroxylation is 1. The van der Waals surface area contributed by atoms with Crippen LogP contribution in [-0.2, 0) is 22.4 Å². The molecule has 0 saturated carbocycles. The summed E-state index contributed by atoms with van der Waals surface area (Å²) in [5.74, 6) is -0.881. The second-order valence-corrected chi connectivity index (χ2v) is 7.87. The first-order valence-electron chi connectivity index (χ1n) is 8.71. The molecule has 0 spiro atoms. The highest BCUT2D eigenvalue weighted by molar-refractivity contribution is 7.16. The van der Waals surface area contributed by atoms with Crippen LogP contribution in [0.5, 0.6) is 5.75 Å². The van der Waals surface area contributed by atoms with Crippen LogP contribution in [0.2, 0.25) is 0 Å². The summed E-state index contributed by atoms with van der Waals surface area (Å²) in [6.07, 6.45) is 2.78.